The first-order valence-corrected chi connectivity index (χ1v) is 10.2. The fraction of sp³-hybridized carbons (Fsp3) is 0.667. The average molecular weight is 500 g/mol. The molecule has 0 amide bonds. The Morgan fingerprint density at radius 3 is 2.82 bits per heavy atom. The maximum Gasteiger partial charge on any atom is 0.193 e. The van der Waals surface area contributed by atoms with E-state index < -0.39 is 0 Å². The van der Waals surface area contributed by atoms with Crippen LogP contribution in [0.4, 0.5) is 0 Å². The molecule has 1 N–H and O–H groups in total. The highest BCUT2D eigenvalue weighted by atomic mass is 127. The number of hydrogen-bond donors (Lipinski definition) is 1. The van der Waals surface area contributed by atoms with Gasteiger partial charge in [0.15, 0.2) is 5.96 Å². The Bertz CT molecular complexity index is 637. The number of likely N-dealkylation sites (tertiary alicyclic amines) is 1. The second-order valence-electron chi connectivity index (χ2n) is 8.12. The van der Waals surface area contributed by atoms with E-state index in [1.807, 2.05) is 7.05 Å². The molecule has 6 nitrogen and oxygen atoms in total. The van der Waals surface area contributed by atoms with Gasteiger partial charge in [-0.15, -0.1) is 24.0 Å². The van der Waals surface area contributed by atoms with Gasteiger partial charge >= 0.3 is 0 Å². The first kappa shape index (κ1) is 21.8. The summed E-state index contributed by atoms with van der Waals surface area (Å²) in [7, 11) is 1.88. The molecule has 4 rings (SSSR count). The summed E-state index contributed by atoms with van der Waals surface area (Å²) in [6.07, 6.45) is 2.59. The lowest BCUT2D eigenvalue weighted by atomic mass is 9.87. The zero-order valence-corrected chi connectivity index (χ0v) is 19.1. The smallest absolute Gasteiger partial charge is 0.193 e. The third-order valence-corrected chi connectivity index (χ3v) is 6.09. The zero-order chi connectivity index (χ0) is 18.5. The molecule has 2 atom stereocenters. The van der Waals surface area contributed by atoms with E-state index in [0.29, 0.717) is 5.41 Å². The van der Waals surface area contributed by atoms with Crippen molar-refractivity contribution in [2.45, 2.75) is 25.5 Å². The van der Waals surface area contributed by atoms with Gasteiger partial charge < -0.3 is 19.7 Å². The largest absolute Gasteiger partial charge is 0.381 e. The van der Waals surface area contributed by atoms with E-state index in [9.17, 15) is 0 Å². The topological polar surface area (TPSA) is 49.3 Å². The first-order valence-electron chi connectivity index (χ1n) is 10.2. The van der Waals surface area contributed by atoms with E-state index in [2.05, 4.69) is 50.4 Å². The van der Waals surface area contributed by atoms with Gasteiger partial charge in [-0.05, 0) is 18.4 Å². The molecule has 1 aromatic rings. The summed E-state index contributed by atoms with van der Waals surface area (Å²) in [5.74, 6) is 1.00. The number of halogens is 1. The van der Waals surface area contributed by atoms with Crippen molar-refractivity contribution in [2.24, 2.45) is 10.4 Å². The number of rotatable bonds is 4. The van der Waals surface area contributed by atoms with E-state index >= 15 is 0 Å². The highest BCUT2D eigenvalue weighted by molar-refractivity contribution is 14.0. The fourth-order valence-electron chi connectivity index (χ4n) is 4.51. The highest BCUT2D eigenvalue weighted by Crippen LogP contribution is 2.38. The summed E-state index contributed by atoms with van der Waals surface area (Å²) in [6, 6.07) is 10.7. The van der Waals surface area contributed by atoms with E-state index in [1.54, 1.807) is 0 Å². The standard InChI is InChI=1S/C21H32N4O2.HI/c1-22-20(25-9-7-21(16-25)8-11-26-17-21)23-13-19-15-24(10-12-27-19)14-18-5-3-2-4-6-18;/h2-6,19H,7-17H2,1H3,(H,22,23);1H. The predicted molar refractivity (Wildman–Crippen MR) is 122 cm³/mol. The van der Waals surface area contributed by atoms with Crippen molar-refractivity contribution in [3.63, 3.8) is 0 Å². The number of morpholine rings is 1. The molecule has 2 unspecified atom stereocenters. The molecule has 0 radical (unpaired) electrons. The van der Waals surface area contributed by atoms with Crippen LogP contribution in [0, 0.1) is 5.41 Å². The second kappa shape index (κ2) is 10.2. The number of guanidine groups is 1. The molecular formula is C21H33IN4O2. The molecule has 3 fully saturated rings. The monoisotopic (exact) mass is 500 g/mol. The lowest BCUT2D eigenvalue weighted by molar-refractivity contribution is -0.0283. The summed E-state index contributed by atoms with van der Waals surface area (Å²) in [5.41, 5.74) is 1.72. The molecule has 1 spiro atoms. The van der Waals surface area contributed by atoms with Gasteiger partial charge in [-0.2, -0.15) is 0 Å². The van der Waals surface area contributed by atoms with Crippen LogP contribution in [0.5, 0.6) is 0 Å². The van der Waals surface area contributed by atoms with Crippen LogP contribution in [0.25, 0.3) is 0 Å². The highest BCUT2D eigenvalue weighted by Gasteiger charge is 2.42. The molecule has 3 aliphatic rings. The molecule has 1 aromatic carbocycles. The summed E-state index contributed by atoms with van der Waals surface area (Å²) in [4.78, 5) is 9.39. The number of benzene rings is 1. The quantitative estimate of drug-likeness (QED) is 0.391. The van der Waals surface area contributed by atoms with Gasteiger partial charge in [0.05, 0.1) is 19.3 Å². The van der Waals surface area contributed by atoms with Gasteiger partial charge in [-0.25, -0.2) is 0 Å². The van der Waals surface area contributed by atoms with Crippen molar-refractivity contribution in [3.05, 3.63) is 35.9 Å². The molecule has 3 saturated heterocycles. The Hall–Kier alpha value is -0.900. The minimum Gasteiger partial charge on any atom is -0.381 e. The molecule has 3 aliphatic heterocycles. The SMILES string of the molecule is CN=C(NCC1CN(Cc2ccccc2)CCO1)N1CCC2(CCOC2)C1.I. The molecule has 0 aliphatic carbocycles. The fourth-order valence-corrected chi connectivity index (χ4v) is 4.51. The Labute approximate surface area is 185 Å². The number of nitrogens with zero attached hydrogens (tertiary/aromatic N) is 3. The van der Waals surface area contributed by atoms with E-state index in [0.717, 1.165) is 65.0 Å². The maximum atomic E-state index is 6.00. The van der Waals surface area contributed by atoms with Gasteiger partial charge in [0, 0.05) is 58.3 Å². The molecular weight excluding hydrogens is 467 g/mol. The summed E-state index contributed by atoms with van der Waals surface area (Å²) in [5, 5.41) is 3.56. The normalized spacial score (nSPS) is 28.5. The maximum absolute atomic E-state index is 6.00. The van der Waals surface area contributed by atoms with Crippen LogP contribution in [0.15, 0.2) is 35.3 Å². The summed E-state index contributed by atoms with van der Waals surface area (Å²) < 4.78 is 11.6. The molecule has 156 valence electrons. The van der Waals surface area contributed by atoms with Gasteiger partial charge in [0.25, 0.3) is 0 Å². The third kappa shape index (κ3) is 5.37. The Morgan fingerprint density at radius 1 is 1.21 bits per heavy atom. The molecule has 7 heteroatoms. The minimum absolute atomic E-state index is 0. The van der Waals surface area contributed by atoms with Crippen LogP contribution in [0.3, 0.4) is 0 Å². The van der Waals surface area contributed by atoms with Crippen molar-refractivity contribution in [2.75, 3.05) is 59.6 Å². The van der Waals surface area contributed by atoms with Crippen LogP contribution in [-0.4, -0.2) is 81.5 Å². The first-order chi connectivity index (χ1) is 13.3. The van der Waals surface area contributed by atoms with Crippen molar-refractivity contribution < 1.29 is 9.47 Å². The van der Waals surface area contributed by atoms with Crippen molar-refractivity contribution in [1.29, 1.82) is 0 Å². The van der Waals surface area contributed by atoms with Crippen LogP contribution in [0.1, 0.15) is 18.4 Å². The average Bonchev–Trinajstić information content (AvgIpc) is 3.34. The number of hydrogen-bond acceptors (Lipinski definition) is 4. The number of nitrogens with one attached hydrogen (secondary N) is 1. The van der Waals surface area contributed by atoms with Crippen molar-refractivity contribution >= 4 is 29.9 Å². The van der Waals surface area contributed by atoms with Crippen LogP contribution in [-0.2, 0) is 16.0 Å². The van der Waals surface area contributed by atoms with Crippen molar-refractivity contribution in [3.8, 4) is 0 Å². The molecule has 3 heterocycles. The Balaban J connectivity index is 0.00000225. The van der Waals surface area contributed by atoms with Gasteiger partial charge in [0.1, 0.15) is 0 Å². The number of ether oxygens (including phenoxy) is 2. The van der Waals surface area contributed by atoms with Gasteiger partial charge in [-0.1, -0.05) is 30.3 Å². The predicted octanol–water partition coefficient (Wildman–Crippen LogP) is 2.19. The lowest BCUT2D eigenvalue weighted by Crippen LogP contribution is -2.50. The second-order valence-corrected chi connectivity index (χ2v) is 8.12. The molecule has 28 heavy (non-hydrogen) atoms. The van der Waals surface area contributed by atoms with Crippen molar-refractivity contribution in [1.82, 2.24) is 15.1 Å². The van der Waals surface area contributed by atoms with Gasteiger partial charge in [0.2, 0.25) is 0 Å². The third-order valence-electron chi connectivity index (χ3n) is 6.09. The van der Waals surface area contributed by atoms with Crippen LogP contribution < -0.4 is 5.32 Å². The Morgan fingerprint density at radius 2 is 2.07 bits per heavy atom. The van der Waals surface area contributed by atoms with Gasteiger partial charge in [-0.3, -0.25) is 9.89 Å². The van der Waals surface area contributed by atoms with Crippen LogP contribution in [0.2, 0.25) is 0 Å². The molecule has 0 saturated carbocycles. The van der Waals surface area contributed by atoms with E-state index in [1.165, 1.54) is 18.4 Å². The molecule has 0 aromatic heterocycles. The minimum atomic E-state index is 0. The molecule has 0 bridgehead atoms. The summed E-state index contributed by atoms with van der Waals surface area (Å²) in [6.45, 7) is 8.47. The number of aliphatic imine (C=N–C) groups is 1. The lowest BCUT2D eigenvalue weighted by Gasteiger charge is -2.34. The Kier molecular flexibility index (Phi) is 7.96. The summed E-state index contributed by atoms with van der Waals surface area (Å²) >= 11 is 0. The van der Waals surface area contributed by atoms with Crippen LogP contribution >= 0.6 is 24.0 Å². The zero-order valence-electron chi connectivity index (χ0n) is 16.8. The van der Waals surface area contributed by atoms with E-state index in [-0.39, 0.29) is 30.1 Å². The van der Waals surface area contributed by atoms with E-state index in [4.69, 9.17) is 9.47 Å².